The number of aliphatic hydroxyl groups excluding tert-OH is 2. The van der Waals surface area contributed by atoms with Gasteiger partial charge < -0.3 is 10.2 Å². The molecule has 2 rings (SSSR count). The van der Waals surface area contributed by atoms with Crippen LogP contribution < -0.4 is 5.32 Å². The molecule has 5 heteroatoms. The molecule has 0 saturated heterocycles. The Bertz CT molecular complexity index is 542. The molecule has 1 aliphatic rings. The Morgan fingerprint density at radius 1 is 1.42 bits per heavy atom. The third-order valence-corrected chi connectivity index (χ3v) is 5.58. The van der Waals surface area contributed by atoms with Crippen LogP contribution in [-0.2, 0) is 0 Å². The van der Waals surface area contributed by atoms with Crippen molar-refractivity contribution in [3.8, 4) is 0 Å². The number of thioether (sulfide) groups is 1. The van der Waals surface area contributed by atoms with Crippen LogP contribution in [0.1, 0.15) is 52.0 Å². The van der Waals surface area contributed by atoms with E-state index in [0.29, 0.717) is 6.42 Å². The van der Waals surface area contributed by atoms with Crippen LogP contribution in [0.5, 0.6) is 0 Å². The van der Waals surface area contributed by atoms with Crippen LogP contribution in [0, 0.1) is 5.41 Å². The first-order chi connectivity index (χ1) is 11.3. The summed E-state index contributed by atoms with van der Waals surface area (Å²) in [7, 11) is 0. The van der Waals surface area contributed by atoms with Gasteiger partial charge in [0.1, 0.15) is 11.3 Å². The van der Waals surface area contributed by atoms with Gasteiger partial charge in [0.25, 0.3) is 0 Å². The lowest BCUT2D eigenvalue weighted by Gasteiger charge is -2.28. The summed E-state index contributed by atoms with van der Waals surface area (Å²) in [5, 5.41) is 24.1. The van der Waals surface area contributed by atoms with Crippen LogP contribution in [0.4, 0.5) is 0 Å². The van der Waals surface area contributed by atoms with Gasteiger partial charge in [0.05, 0.1) is 6.10 Å². The summed E-state index contributed by atoms with van der Waals surface area (Å²) < 4.78 is 0. The van der Waals surface area contributed by atoms with Crippen molar-refractivity contribution in [3.05, 3.63) is 30.0 Å². The fourth-order valence-electron chi connectivity index (χ4n) is 2.74. The van der Waals surface area contributed by atoms with E-state index in [9.17, 15) is 10.2 Å². The molecule has 1 aromatic heterocycles. The van der Waals surface area contributed by atoms with Crippen LogP contribution in [0.15, 0.2) is 29.4 Å². The van der Waals surface area contributed by atoms with Crippen molar-refractivity contribution in [1.82, 2.24) is 10.3 Å². The molecule has 3 atom stereocenters. The second kappa shape index (κ2) is 8.99. The second-order valence-corrected chi connectivity index (χ2v) is 8.70. The van der Waals surface area contributed by atoms with Gasteiger partial charge in [-0.25, -0.2) is 4.98 Å². The average molecular weight is 351 g/mol. The number of hydrogen-bond acceptors (Lipinski definition) is 5. The maximum Gasteiger partial charge on any atom is 0.124 e. The molecule has 0 amide bonds. The molecular weight excluding hydrogens is 320 g/mol. The molecule has 3 unspecified atom stereocenters. The topological polar surface area (TPSA) is 65.4 Å². The molecule has 24 heavy (non-hydrogen) atoms. The van der Waals surface area contributed by atoms with E-state index in [4.69, 9.17) is 0 Å². The van der Waals surface area contributed by atoms with Crippen molar-refractivity contribution in [3.63, 3.8) is 0 Å². The van der Waals surface area contributed by atoms with Gasteiger partial charge in [0.15, 0.2) is 0 Å². The summed E-state index contributed by atoms with van der Waals surface area (Å²) in [6, 6.07) is 4.11. The Balaban J connectivity index is 1.93. The van der Waals surface area contributed by atoms with Crippen LogP contribution in [-0.4, -0.2) is 39.3 Å². The van der Waals surface area contributed by atoms with E-state index in [1.54, 1.807) is 24.0 Å². The predicted molar refractivity (Wildman–Crippen MR) is 101 cm³/mol. The van der Waals surface area contributed by atoms with E-state index in [1.165, 1.54) is 0 Å². The van der Waals surface area contributed by atoms with Gasteiger partial charge in [-0.15, -0.1) is 11.8 Å². The second-order valence-electron chi connectivity index (χ2n) is 7.74. The number of aromatic nitrogens is 1. The minimum absolute atomic E-state index is 0.178. The molecule has 1 aliphatic carbocycles. The number of hydrogen-bond donors (Lipinski definition) is 3. The highest BCUT2D eigenvalue weighted by Crippen LogP contribution is 2.28. The average Bonchev–Trinajstić information content (AvgIpc) is 2.51. The van der Waals surface area contributed by atoms with E-state index in [0.717, 1.165) is 35.6 Å². The first kappa shape index (κ1) is 19.4. The molecule has 0 radical (unpaired) electrons. The lowest BCUT2D eigenvalue weighted by atomic mass is 9.93. The first-order valence-electron chi connectivity index (χ1n) is 8.72. The summed E-state index contributed by atoms with van der Waals surface area (Å²) in [6.07, 6.45) is 8.13. The monoisotopic (exact) mass is 350 g/mol. The van der Waals surface area contributed by atoms with Gasteiger partial charge in [-0.1, -0.05) is 32.9 Å². The lowest BCUT2D eigenvalue weighted by molar-refractivity contribution is 0.0882. The summed E-state index contributed by atoms with van der Waals surface area (Å²) in [6.45, 7) is 6.64. The Morgan fingerprint density at radius 3 is 2.92 bits per heavy atom. The first-order valence-corrected chi connectivity index (χ1v) is 9.70. The molecule has 1 fully saturated rings. The van der Waals surface area contributed by atoms with Crippen LogP contribution in [0.25, 0.3) is 6.08 Å². The van der Waals surface area contributed by atoms with E-state index in [1.807, 2.05) is 18.2 Å². The largest absolute Gasteiger partial charge is 0.393 e. The fraction of sp³-hybridized carbons (Fsp3) is 0.632. The highest BCUT2D eigenvalue weighted by Gasteiger charge is 2.21. The van der Waals surface area contributed by atoms with Gasteiger partial charge in [-0.2, -0.15) is 0 Å². The van der Waals surface area contributed by atoms with E-state index in [2.05, 4.69) is 31.1 Å². The molecule has 0 aromatic carbocycles. The van der Waals surface area contributed by atoms with Gasteiger partial charge in [0.2, 0.25) is 0 Å². The van der Waals surface area contributed by atoms with Crippen molar-refractivity contribution >= 4 is 17.8 Å². The molecule has 4 nitrogen and oxygen atoms in total. The Labute approximate surface area is 149 Å². The third-order valence-electron chi connectivity index (χ3n) is 3.95. The smallest absolute Gasteiger partial charge is 0.124 e. The zero-order valence-corrected chi connectivity index (χ0v) is 15.7. The van der Waals surface area contributed by atoms with Crippen molar-refractivity contribution in [2.45, 2.75) is 69.9 Å². The standard InChI is InChI=1S/C19H30N2O2S/c1-19(2,3)13-24-18-14(6-5-11-20-18)9-10-17(23)21-15-7-4-8-16(22)12-15/h5-6,9-11,15-17,21-23H,4,7-8,12-13H2,1-3H3/b10-9+. The molecule has 0 bridgehead atoms. The van der Waals surface area contributed by atoms with Crippen LogP contribution in [0.3, 0.4) is 0 Å². The Morgan fingerprint density at radius 2 is 2.21 bits per heavy atom. The summed E-state index contributed by atoms with van der Waals surface area (Å²) >= 11 is 1.74. The SMILES string of the molecule is CC(C)(C)CSc1ncccc1/C=C/C(O)NC1CCCC(O)C1. The van der Waals surface area contributed by atoms with Gasteiger partial charge in [-0.3, -0.25) is 5.32 Å². The molecule has 0 aliphatic heterocycles. The zero-order valence-electron chi connectivity index (χ0n) is 14.9. The number of rotatable bonds is 6. The molecule has 0 spiro atoms. The van der Waals surface area contributed by atoms with Crippen LogP contribution in [0.2, 0.25) is 0 Å². The molecule has 1 saturated carbocycles. The van der Waals surface area contributed by atoms with Crippen molar-refractivity contribution in [2.24, 2.45) is 5.41 Å². The maximum absolute atomic E-state index is 10.2. The number of nitrogens with zero attached hydrogens (tertiary/aromatic N) is 1. The highest BCUT2D eigenvalue weighted by atomic mass is 32.2. The molecule has 1 aromatic rings. The molecule has 1 heterocycles. The number of nitrogens with one attached hydrogen (secondary N) is 1. The van der Waals surface area contributed by atoms with E-state index >= 15 is 0 Å². The predicted octanol–water partition coefficient (Wildman–Crippen LogP) is 3.44. The maximum atomic E-state index is 10.2. The lowest BCUT2D eigenvalue weighted by Crippen LogP contribution is -2.41. The van der Waals surface area contributed by atoms with Crippen LogP contribution >= 0.6 is 11.8 Å². The Kier molecular flexibility index (Phi) is 7.29. The third kappa shape index (κ3) is 6.93. The molecule has 3 N–H and O–H groups in total. The van der Waals surface area contributed by atoms with Gasteiger partial charge in [-0.05, 0) is 43.2 Å². The van der Waals surface area contributed by atoms with Crippen molar-refractivity contribution < 1.29 is 10.2 Å². The molecular formula is C19H30N2O2S. The summed E-state index contributed by atoms with van der Waals surface area (Å²) in [5.74, 6) is 0.992. The fourth-order valence-corrected chi connectivity index (χ4v) is 3.75. The minimum atomic E-state index is -0.707. The van der Waals surface area contributed by atoms with Gasteiger partial charge in [0, 0.05) is 23.6 Å². The quantitative estimate of drug-likeness (QED) is 0.542. The highest BCUT2D eigenvalue weighted by molar-refractivity contribution is 7.99. The number of aliphatic hydroxyl groups is 2. The Hall–Kier alpha value is -0.880. The zero-order chi connectivity index (χ0) is 17.6. The van der Waals surface area contributed by atoms with Gasteiger partial charge >= 0.3 is 0 Å². The van der Waals surface area contributed by atoms with E-state index < -0.39 is 6.23 Å². The summed E-state index contributed by atoms with van der Waals surface area (Å²) in [4.78, 5) is 4.46. The normalized spacial score (nSPS) is 23.5. The minimum Gasteiger partial charge on any atom is -0.393 e. The summed E-state index contributed by atoms with van der Waals surface area (Å²) in [5.41, 5.74) is 1.27. The van der Waals surface area contributed by atoms with Crippen molar-refractivity contribution in [2.75, 3.05) is 5.75 Å². The van der Waals surface area contributed by atoms with Crippen molar-refractivity contribution in [1.29, 1.82) is 0 Å². The number of pyridine rings is 1. The molecule has 134 valence electrons. The van der Waals surface area contributed by atoms with E-state index in [-0.39, 0.29) is 17.6 Å².